The van der Waals surface area contributed by atoms with Gasteiger partial charge in [-0.3, -0.25) is 4.79 Å². The van der Waals surface area contributed by atoms with Gasteiger partial charge in [-0.15, -0.1) is 0 Å². The molecule has 30 heavy (non-hydrogen) atoms. The van der Waals surface area contributed by atoms with Gasteiger partial charge in [0.05, 0.1) is 4.90 Å². The van der Waals surface area contributed by atoms with Crippen LogP contribution < -0.4 is 5.56 Å². The highest BCUT2D eigenvalue weighted by atomic mass is 79.9. The first-order valence-corrected chi connectivity index (χ1v) is 12.4. The van der Waals surface area contributed by atoms with Crippen molar-refractivity contribution in [3.05, 3.63) is 74.0 Å². The molecule has 1 aliphatic carbocycles. The molecule has 0 atom stereocenters. The third-order valence-electron chi connectivity index (χ3n) is 6.02. The number of nitrogens with one attached hydrogen (secondary N) is 1. The maximum Gasteiger partial charge on any atom is 0.252 e. The number of hydrogen-bond acceptors (Lipinski definition) is 3. The summed E-state index contributed by atoms with van der Waals surface area (Å²) >= 11 is 3.38. The number of aromatic amines is 1. The average Bonchev–Trinajstić information content (AvgIpc) is 3.22. The van der Waals surface area contributed by atoms with Crippen molar-refractivity contribution in [1.29, 1.82) is 0 Å². The third kappa shape index (κ3) is 3.98. The zero-order valence-corrected chi connectivity index (χ0v) is 19.5. The molecular weight excluding hydrogens is 464 g/mol. The Morgan fingerprint density at radius 1 is 1.07 bits per heavy atom. The summed E-state index contributed by atoms with van der Waals surface area (Å²) in [7, 11) is -3.76. The second-order valence-electron chi connectivity index (χ2n) is 8.07. The molecule has 2 aromatic carbocycles. The molecule has 0 radical (unpaired) electrons. The number of H-pyrrole nitrogens is 1. The smallest absolute Gasteiger partial charge is 0.252 e. The van der Waals surface area contributed by atoms with E-state index in [-0.39, 0.29) is 23.0 Å². The highest BCUT2D eigenvalue weighted by molar-refractivity contribution is 9.10. The predicted octanol–water partition coefficient (Wildman–Crippen LogP) is 5.04. The number of sulfonamides is 1. The Hall–Kier alpha value is -1.96. The lowest BCUT2D eigenvalue weighted by molar-refractivity contribution is 0.315. The molecule has 1 N–H and O–H groups in total. The molecule has 0 bridgehead atoms. The molecule has 1 heterocycles. The van der Waals surface area contributed by atoms with Crippen molar-refractivity contribution in [3.8, 4) is 0 Å². The molecular formula is C23H25BrN2O3S. The van der Waals surface area contributed by atoms with Crippen molar-refractivity contribution >= 4 is 36.9 Å². The second-order valence-corrected chi connectivity index (χ2v) is 10.8. The Morgan fingerprint density at radius 3 is 2.43 bits per heavy atom. The fourth-order valence-electron chi connectivity index (χ4n) is 4.19. The molecule has 1 aliphatic rings. The Morgan fingerprint density at radius 2 is 1.73 bits per heavy atom. The van der Waals surface area contributed by atoms with E-state index in [4.69, 9.17) is 0 Å². The molecule has 1 aromatic heterocycles. The molecule has 1 fully saturated rings. The molecule has 0 aliphatic heterocycles. The van der Waals surface area contributed by atoms with Gasteiger partial charge in [0.15, 0.2) is 0 Å². The molecule has 0 spiro atoms. The summed E-state index contributed by atoms with van der Waals surface area (Å²) in [5.74, 6) is 0. The first-order chi connectivity index (χ1) is 14.3. The van der Waals surface area contributed by atoms with Crippen molar-refractivity contribution in [1.82, 2.24) is 9.29 Å². The number of nitrogens with zero attached hydrogens (tertiary/aromatic N) is 1. The van der Waals surface area contributed by atoms with E-state index in [1.54, 1.807) is 24.3 Å². The van der Waals surface area contributed by atoms with Crippen LogP contribution in [0.4, 0.5) is 0 Å². The normalized spacial score (nSPS) is 15.3. The molecule has 7 heteroatoms. The standard InChI is InChI=1S/C23H25BrN2O3S/c1-15-11-17-13-18(23(27)25-21(17)12-16(15)2)14-26(19-7-3-4-8-19)30(28,29)22-10-6-5-9-20(22)24/h5-6,9-13,19H,3-4,7-8,14H2,1-2H3,(H,25,27). The van der Waals surface area contributed by atoms with E-state index in [0.717, 1.165) is 47.7 Å². The summed E-state index contributed by atoms with van der Waals surface area (Å²) in [5, 5.41) is 0.914. The van der Waals surface area contributed by atoms with Crippen LogP contribution in [0, 0.1) is 13.8 Å². The maximum atomic E-state index is 13.6. The molecule has 0 saturated heterocycles. The zero-order valence-electron chi connectivity index (χ0n) is 17.1. The van der Waals surface area contributed by atoms with Gasteiger partial charge in [-0.25, -0.2) is 8.42 Å². The molecule has 3 aromatic rings. The number of benzene rings is 2. The zero-order chi connectivity index (χ0) is 21.5. The first kappa shape index (κ1) is 21.3. The van der Waals surface area contributed by atoms with Crippen LogP contribution >= 0.6 is 15.9 Å². The minimum Gasteiger partial charge on any atom is -0.322 e. The monoisotopic (exact) mass is 488 g/mol. The minimum atomic E-state index is -3.76. The summed E-state index contributed by atoms with van der Waals surface area (Å²) in [6, 6.07) is 12.6. The first-order valence-electron chi connectivity index (χ1n) is 10.2. The number of rotatable bonds is 5. The van der Waals surface area contributed by atoms with Gasteiger partial charge < -0.3 is 4.98 Å². The van der Waals surface area contributed by atoms with E-state index in [1.165, 1.54) is 4.31 Å². The highest BCUT2D eigenvalue weighted by Crippen LogP contribution is 2.32. The Labute approximate surface area is 185 Å². The van der Waals surface area contributed by atoms with Crippen LogP contribution in [0.1, 0.15) is 42.4 Å². The van der Waals surface area contributed by atoms with Crippen molar-refractivity contribution in [2.24, 2.45) is 0 Å². The van der Waals surface area contributed by atoms with E-state index in [1.807, 2.05) is 32.0 Å². The van der Waals surface area contributed by atoms with Gasteiger partial charge in [0.2, 0.25) is 10.0 Å². The average molecular weight is 489 g/mol. The molecule has 4 rings (SSSR count). The van der Waals surface area contributed by atoms with Gasteiger partial charge in [-0.2, -0.15) is 4.31 Å². The highest BCUT2D eigenvalue weighted by Gasteiger charge is 2.34. The number of hydrogen-bond donors (Lipinski definition) is 1. The van der Waals surface area contributed by atoms with Crippen LogP contribution in [0.2, 0.25) is 0 Å². The van der Waals surface area contributed by atoms with Crippen LogP contribution in [0.5, 0.6) is 0 Å². The number of fused-ring (bicyclic) bond motifs is 1. The third-order valence-corrected chi connectivity index (χ3v) is 8.93. The van der Waals surface area contributed by atoms with Crippen molar-refractivity contribution in [2.45, 2.75) is 57.0 Å². The molecule has 0 unspecified atom stereocenters. The Kier molecular flexibility index (Phi) is 5.88. The molecule has 0 amide bonds. The van der Waals surface area contributed by atoms with Gasteiger partial charge >= 0.3 is 0 Å². The van der Waals surface area contributed by atoms with Gasteiger partial charge in [0.25, 0.3) is 5.56 Å². The second kappa shape index (κ2) is 8.29. The van der Waals surface area contributed by atoms with Gasteiger partial charge in [-0.05, 0) is 89.5 Å². The lowest BCUT2D eigenvalue weighted by Gasteiger charge is -2.28. The van der Waals surface area contributed by atoms with Crippen LogP contribution in [0.3, 0.4) is 0 Å². The summed E-state index contributed by atoms with van der Waals surface area (Å²) in [5.41, 5.74) is 3.24. The topological polar surface area (TPSA) is 70.2 Å². The molecule has 158 valence electrons. The largest absolute Gasteiger partial charge is 0.322 e. The van der Waals surface area contributed by atoms with E-state index in [2.05, 4.69) is 20.9 Å². The number of halogens is 1. The van der Waals surface area contributed by atoms with E-state index in [0.29, 0.717) is 10.0 Å². The number of aryl methyl sites for hydroxylation is 2. The summed E-state index contributed by atoms with van der Waals surface area (Å²) < 4.78 is 29.3. The minimum absolute atomic E-state index is 0.0620. The van der Waals surface area contributed by atoms with Gasteiger partial charge in [-0.1, -0.05) is 25.0 Å². The Balaban J connectivity index is 1.80. The summed E-state index contributed by atoms with van der Waals surface area (Å²) in [4.78, 5) is 16.0. The van der Waals surface area contributed by atoms with Crippen molar-refractivity contribution in [2.75, 3.05) is 0 Å². The van der Waals surface area contributed by atoms with E-state index in [9.17, 15) is 13.2 Å². The van der Waals surface area contributed by atoms with E-state index >= 15 is 0 Å². The molecule has 1 saturated carbocycles. The Bertz CT molecular complexity index is 1260. The predicted molar refractivity (Wildman–Crippen MR) is 123 cm³/mol. The number of aromatic nitrogens is 1. The van der Waals surface area contributed by atoms with Crippen molar-refractivity contribution in [3.63, 3.8) is 0 Å². The van der Waals surface area contributed by atoms with Crippen LogP contribution in [0.15, 0.2) is 56.6 Å². The van der Waals surface area contributed by atoms with Crippen LogP contribution in [-0.4, -0.2) is 23.7 Å². The quantitative estimate of drug-likeness (QED) is 0.546. The van der Waals surface area contributed by atoms with Crippen LogP contribution in [0.25, 0.3) is 10.9 Å². The fourth-order valence-corrected chi connectivity index (χ4v) is 6.82. The molecule has 5 nitrogen and oxygen atoms in total. The van der Waals surface area contributed by atoms with Crippen LogP contribution in [-0.2, 0) is 16.6 Å². The van der Waals surface area contributed by atoms with Gasteiger partial charge in [0, 0.05) is 28.1 Å². The maximum absolute atomic E-state index is 13.6. The van der Waals surface area contributed by atoms with Crippen molar-refractivity contribution < 1.29 is 8.42 Å². The number of pyridine rings is 1. The lowest BCUT2D eigenvalue weighted by atomic mass is 10.0. The van der Waals surface area contributed by atoms with Gasteiger partial charge in [0.1, 0.15) is 0 Å². The fraction of sp³-hybridized carbons (Fsp3) is 0.348. The summed E-state index contributed by atoms with van der Waals surface area (Å²) in [6.45, 7) is 4.10. The SMILES string of the molecule is Cc1cc2cc(CN(C3CCCC3)S(=O)(=O)c3ccccc3Br)c(=O)[nH]c2cc1C. The summed E-state index contributed by atoms with van der Waals surface area (Å²) in [6.07, 6.45) is 3.62. The lowest BCUT2D eigenvalue weighted by Crippen LogP contribution is -2.39. The van der Waals surface area contributed by atoms with E-state index < -0.39 is 10.0 Å².